The van der Waals surface area contributed by atoms with Gasteiger partial charge in [-0.05, 0) is 30.5 Å². The minimum absolute atomic E-state index is 0.568. The number of benzene rings is 1. The van der Waals surface area contributed by atoms with E-state index in [1.807, 2.05) is 42.2 Å². The minimum atomic E-state index is 0.568. The van der Waals surface area contributed by atoms with Gasteiger partial charge in [0.2, 0.25) is 0 Å². The first-order valence-corrected chi connectivity index (χ1v) is 6.86. The second kappa shape index (κ2) is 5.36. The molecular formula is C15H19N5. The lowest BCUT2D eigenvalue weighted by Crippen LogP contribution is -2.35. The summed E-state index contributed by atoms with van der Waals surface area (Å²) in [5.41, 5.74) is 8.19. The van der Waals surface area contributed by atoms with E-state index in [9.17, 15) is 0 Å². The van der Waals surface area contributed by atoms with Crippen LogP contribution in [0.3, 0.4) is 0 Å². The zero-order valence-corrected chi connectivity index (χ0v) is 11.6. The minimum Gasteiger partial charge on any atom is -0.370 e. The van der Waals surface area contributed by atoms with Gasteiger partial charge in [-0.2, -0.15) is 5.10 Å². The van der Waals surface area contributed by atoms with E-state index in [-0.39, 0.29) is 0 Å². The Balaban J connectivity index is 1.79. The number of hydrogen-bond donors (Lipinski definition) is 1. The van der Waals surface area contributed by atoms with Crippen molar-refractivity contribution in [3.05, 3.63) is 48.3 Å². The van der Waals surface area contributed by atoms with Crippen LogP contribution in [0.25, 0.3) is 5.69 Å². The molecule has 1 fully saturated rings. The Hall–Kier alpha value is -2.30. The number of guanidine groups is 1. The van der Waals surface area contributed by atoms with E-state index in [0.29, 0.717) is 18.5 Å². The van der Waals surface area contributed by atoms with Crippen LogP contribution >= 0.6 is 0 Å². The number of rotatable bonds is 4. The standard InChI is InChI=1S/C15H19N5/c1-19(13-7-8-13)15(16)17-11-12-5-2-3-6-14(12)20-10-4-9-18-20/h2-6,9-10,13H,7-8,11H2,1H3,(H2,16,17). The SMILES string of the molecule is CN(C(N)=NCc1ccccc1-n1cccn1)C1CC1. The first kappa shape index (κ1) is 12.7. The molecule has 20 heavy (non-hydrogen) atoms. The van der Waals surface area contributed by atoms with Gasteiger partial charge >= 0.3 is 0 Å². The van der Waals surface area contributed by atoms with Crippen LogP contribution < -0.4 is 5.73 Å². The lowest BCUT2D eigenvalue weighted by Gasteiger charge is -2.17. The van der Waals surface area contributed by atoms with Crippen LogP contribution in [0.1, 0.15) is 18.4 Å². The Labute approximate surface area is 118 Å². The molecular weight excluding hydrogens is 250 g/mol. The van der Waals surface area contributed by atoms with E-state index in [1.54, 1.807) is 6.20 Å². The fourth-order valence-electron chi connectivity index (χ4n) is 2.21. The molecule has 0 saturated heterocycles. The average Bonchev–Trinajstić information content (AvgIpc) is 3.19. The maximum atomic E-state index is 6.03. The highest BCUT2D eigenvalue weighted by atomic mass is 15.3. The van der Waals surface area contributed by atoms with E-state index < -0.39 is 0 Å². The lowest BCUT2D eigenvalue weighted by atomic mass is 10.2. The predicted molar refractivity (Wildman–Crippen MR) is 79.7 cm³/mol. The molecule has 0 aliphatic heterocycles. The largest absolute Gasteiger partial charge is 0.370 e. The number of aromatic nitrogens is 2. The number of hydrogen-bond acceptors (Lipinski definition) is 2. The van der Waals surface area contributed by atoms with Gasteiger partial charge in [0.05, 0.1) is 12.2 Å². The maximum Gasteiger partial charge on any atom is 0.191 e. The molecule has 5 nitrogen and oxygen atoms in total. The number of nitrogens with zero attached hydrogens (tertiary/aromatic N) is 4. The zero-order chi connectivity index (χ0) is 13.9. The Bertz CT molecular complexity index is 598. The van der Waals surface area contributed by atoms with Crippen molar-refractivity contribution >= 4 is 5.96 Å². The molecule has 0 spiro atoms. The highest BCUT2D eigenvalue weighted by molar-refractivity contribution is 5.78. The molecule has 0 atom stereocenters. The first-order chi connectivity index (χ1) is 9.75. The maximum absolute atomic E-state index is 6.03. The molecule has 0 radical (unpaired) electrons. The molecule has 1 aliphatic carbocycles. The number of aliphatic imine (C=N–C) groups is 1. The van der Waals surface area contributed by atoms with Crippen molar-refractivity contribution < 1.29 is 0 Å². The number of para-hydroxylation sites is 1. The van der Waals surface area contributed by atoms with Gasteiger partial charge in [0.25, 0.3) is 0 Å². The van der Waals surface area contributed by atoms with Gasteiger partial charge in [0, 0.05) is 25.5 Å². The van der Waals surface area contributed by atoms with Crippen molar-refractivity contribution in [1.82, 2.24) is 14.7 Å². The van der Waals surface area contributed by atoms with E-state index in [0.717, 1.165) is 11.3 Å². The molecule has 2 aromatic rings. The summed E-state index contributed by atoms with van der Waals surface area (Å²) >= 11 is 0. The van der Waals surface area contributed by atoms with Crippen LogP contribution in [0, 0.1) is 0 Å². The van der Waals surface area contributed by atoms with Crippen LogP contribution in [0.4, 0.5) is 0 Å². The molecule has 0 bridgehead atoms. The Morgan fingerprint density at radius 3 is 2.90 bits per heavy atom. The van der Waals surface area contributed by atoms with E-state index in [4.69, 9.17) is 5.73 Å². The highest BCUT2D eigenvalue weighted by Crippen LogP contribution is 2.25. The molecule has 1 aliphatic rings. The van der Waals surface area contributed by atoms with Crippen molar-refractivity contribution in [3.63, 3.8) is 0 Å². The van der Waals surface area contributed by atoms with Crippen molar-refractivity contribution in [3.8, 4) is 5.69 Å². The summed E-state index contributed by atoms with van der Waals surface area (Å²) < 4.78 is 1.85. The van der Waals surface area contributed by atoms with E-state index in [2.05, 4.69) is 21.1 Å². The summed E-state index contributed by atoms with van der Waals surface area (Å²) in [6, 6.07) is 10.6. The van der Waals surface area contributed by atoms with Crippen LogP contribution in [0.2, 0.25) is 0 Å². The molecule has 1 aromatic carbocycles. The van der Waals surface area contributed by atoms with Crippen LogP contribution in [-0.2, 0) is 6.54 Å². The Kier molecular flexibility index (Phi) is 3.41. The van der Waals surface area contributed by atoms with Gasteiger partial charge in [-0.25, -0.2) is 9.67 Å². The summed E-state index contributed by atoms with van der Waals surface area (Å²) in [4.78, 5) is 6.57. The zero-order valence-electron chi connectivity index (χ0n) is 11.6. The molecule has 1 aromatic heterocycles. The molecule has 104 valence electrons. The van der Waals surface area contributed by atoms with Gasteiger partial charge in [-0.3, -0.25) is 0 Å². The second-order valence-electron chi connectivity index (χ2n) is 5.10. The Morgan fingerprint density at radius 1 is 1.40 bits per heavy atom. The van der Waals surface area contributed by atoms with Gasteiger partial charge in [-0.15, -0.1) is 0 Å². The summed E-state index contributed by atoms with van der Waals surface area (Å²) in [5.74, 6) is 0.614. The van der Waals surface area contributed by atoms with Crippen molar-refractivity contribution in [2.45, 2.75) is 25.4 Å². The molecule has 1 heterocycles. The van der Waals surface area contributed by atoms with E-state index >= 15 is 0 Å². The molecule has 2 N–H and O–H groups in total. The van der Waals surface area contributed by atoms with Crippen molar-refractivity contribution in [2.75, 3.05) is 7.05 Å². The molecule has 5 heteroatoms. The summed E-state index contributed by atoms with van der Waals surface area (Å²) in [7, 11) is 2.01. The normalized spacial score (nSPS) is 15.3. The third kappa shape index (κ3) is 2.66. The van der Waals surface area contributed by atoms with Crippen molar-refractivity contribution in [2.24, 2.45) is 10.7 Å². The lowest BCUT2D eigenvalue weighted by molar-refractivity contribution is 0.487. The second-order valence-corrected chi connectivity index (χ2v) is 5.10. The van der Waals surface area contributed by atoms with Crippen LogP contribution in [0.5, 0.6) is 0 Å². The Morgan fingerprint density at radius 2 is 2.20 bits per heavy atom. The van der Waals surface area contributed by atoms with E-state index in [1.165, 1.54) is 12.8 Å². The van der Waals surface area contributed by atoms with Gasteiger partial charge < -0.3 is 10.6 Å². The number of nitrogens with two attached hydrogens (primary N) is 1. The van der Waals surface area contributed by atoms with Crippen LogP contribution in [-0.4, -0.2) is 33.7 Å². The summed E-state index contributed by atoms with van der Waals surface area (Å²) in [6.45, 7) is 0.568. The van der Waals surface area contributed by atoms with Gasteiger partial charge in [0.1, 0.15) is 0 Å². The third-order valence-electron chi connectivity index (χ3n) is 3.61. The molecule has 0 amide bonds. The quantitative estimate of drug-likeness (QED) is 0.680. The average molecular weight is 269 g/mol. The summed E-state index contributed by atoms with van der Waals surface area (Å²) in [5, 5.41) is 4.27. The first-order valence-electron chi connectivity index (χ1n) is 6.86. The van der Waals surface area contributed by atoms with Crippen molar-refractivity contribution in [1.29, 1.82) is 0 Å². The fourth-order valence-corrected chi connectivity index (χ4v) is 2.21. The van der Waals surface area contributed by atoms with Crippen LogP contribution in [0.15, 0.2) is 47.7 Å². The predicted octanol–water partition coefficient (Wildman–Crippen LogP) is 1.78. The third-order valence-corrected chi connectivity index (χ3v) is 3.61. The smallest absolute Gasteiger partial charge is 0.191 e. The molecule has 0 unspecified atom stereocenters. The highest BCUT2D eigenvalue weighted by Gasteiger charge is 2.27. The molecule has 3 rings (SSSR count). The summed E-state index contributed by atoms with van der Waals surface area (Å²) in [6.07, 6.45) is 6.14. The van der Waals surface area contributed by atoms with Gasteiger partial charge in [-0.1, -0.05) is 18.2 Å². The molecule has 1 saturated carbocycles. The monoisotopic (exact) mass is 269 g/mol. The fraction of sp³-hybridized carbons (Fsp3) is 0.333. The topological polar surface area (TPSA) is 59.4 Å². The van der Waals surface area contributed by atoms with Gasteiger partial charge in [0.15, 0.2) is 5.96 Å².